The Balaban J connectivity index is 1.70. The summed E-state index contributed by atoms with van der Waals surface area (Å²) in [5.41, 5.74) is 0. The largest absolute Gasteiger partial charge is 0.490 e. The van der Waals surface area contributed by atoms with Gasteiger partial charge >= 0.3 is 0 Å². The van der Waals surface area contributed by atoms with Gasteiger partial charge in [-0.1, -0.05) is 12.1 Å². The predicted molar refractivity (Wildman–Crippen MR) is 77.5 cm³/mol. The summed E-state index contributed by atoms with van der Waals surface area (Å²) in [6.07, 6.45) is 0.690. The normalized spacial score (nSPS) is 24.4. The highest BCUT2D eigenvalue weighted by Gasteiger charge is 2.24. The van der Waals surface area contributed by atoms with Crippen LogP contribution in [0.4, 0.5) is 0 Å². The van der Waals surface area contributed by atoms with Gasteiger partial charge in [0.2, 0.25) is 0 Å². The van der Waals surface area contributed by atoms with Crippen LogP contribution in [0.25, 0.3) is 0 Å². The molecule has 3 atom stereocenters. The summed E-state index contributed by atoms with van der Waals surface area (Å²) in [5.74, 6) is 0.749. The lowest BCUT2D eigenvalue weighted by atomic mass is 10.1. The van der Waals surface area contributed by atoms with E-state index >= 15 is 0 Å². The zero-order chi connectivity index (χ0) is 13.7. The number of ether oxygens (including phenoxy) is 2. The van der Waals surface area contributed by atoms with E-state index in [9.17, 15) is 5.11 Å². The summed E-state index contributed by atoms with van der Waals surface area (Å²) in [6, 6.07) is 7.95. The van der Waals surface area contributed by atoms with E-state index in [4.69, 9.17) is 9.47 Å². The van der Waals surface area contributed by atoms with E-state index in [1.807, 2.05) is 24.3 Å². The van der Waals surface area contributed by atoms with Crippen LogP contribution >= 0.6 is 15.9 Å². The lowest BCUT2D eigenvalue weighted by molar-refractivity contribution is 0.0895. The number of aliphatic hydroxyl groups is 1. The van der Waals surface area contributed by atoms with Crippen LogP contribution in [0.2, 0.25) is 0 Å². The fourth-order valence-corrected chi connectivity index (χ4v) is 2.49. The van der Waals surface area contributed by atoms with E-state index in [0.29, 0.717) is 12.6 Å². The van der Waals surface area contributed by atoms with Gasteiger partial charge in [0, 0.05) is 19.2 Å². The topological polar surface area (TPSA) is 50.7 Å². The fraction of sp³-hybridized carbons (Fsp3) is 0.571. The smallest absolute Gasteiger partial charge is 0.133 e. The summed E-state index contributed by atoms with van der Waals surface area (Å²) < 4.78 is 11.9. The van der Waals surface area contributed by atoms with Crippen molar-refractivity contribution in [2.24, 2.45) is 0 Å². The van der Waals surface area contributed by atoms with Gasteiger partial charge in [-0.2, -0.15) is 0 Å². The molecule has 0 spiro atoms. The first-order valence-electron chi connectivity index (χ1n) is 6.57. The standard InChI is InChI=1S/C14H20BrNO3/c1-10-13(6-7-18-10)16-8-11(17)9-19-14-5-3-2-4-12(14)15/h2-5,10-11,13,16-17H,6-9H2,1H3/t10-,11-,13+/m0/s1. The van der Waals surface area contributed by atoms with Crippen LogP contribution in [0, 0.1) is 0 Å². The highest BCUT2D eigenvalue weighted by atomic mass is 79.9. The molecule has 5 heteroatoms. The third kappa shape index (κ3) is 4.45. The first-order valence-corrected chi connectivity index (χ1v) is 7.36. The number of hydrogen-bond acceptors (Lipinski definition) is 4. The van der Waals surface area contributed by atoms with Crippen LogP contribution in [0.3, 0.4) is 0 Å². The quantitative estimate of drug-likeness (QED) is 0.837. The van der Waals surface area contributed by atoms with Crippen molar-refractivity contribution in [2.75, 3.05) is 19.8 Å². The molecule has 1 aliphatic heterocycles. The first-order chi connectivity index (χ1) is 9.16. The van der Waals surface area contributed by atoms with E-state index in [-0.39, 0.29) is 12.7 Å². The van der Waals surface area contributed by atoms with Crippen molar-refractivity contribution in [3.63, 3.8) is 0 Å². The third-order valence-corrected chi connectivity index (χ3v) is 3.91. The molecule has 0 unspecified atom stereocenters. The molecule has 1 aromatic rings. The average Bonchev–Trinajstić information content (AvgIpc) is 2.81. The zero-order valence-corrected chi connectivity index (χ0v) is 12.6. The Morgan fingerprint density at radius 1 is 1.53 bits per heavy atom. The Morgan fingerprint density at radius 3 is 3.00 bits per heavy atom. The Morgan fingerprint density at radius 2 is 2.32 bits per heavy atom. The Hall–Kier alpha value is -0.620. The molecule has 0 amide bonds. The molecule has 0 bridgehead atoms. The first kappa shape index (κ1) is 14.8. The van der Waals surface area contributed by atoms with Crippen molar-refractivity contribution < 1.29 is 14.6 Å². The van der Waals surface area contributed by atoms with Gasteiger partial charge in [0.15, 0.2) is 0 Å². The Labute approximate surface area is 122 Å². The fourth-order valence-electron chi connectivity index (χ4n) is 2.09. The molecule has 106 valence electrons. The predicted octanol–water partition coefficient (Wildman–Crippen LogP) is 1.96. The molecule has 19 heavy (non-hydrogen) atoms. The molecule has 2 N–H and O–H groups in total. The molecule has 1 aliphatic rings. The minimum absolute atomic E-state index is 0.219. The molecule has 1 fully saturated rings. The minimum atomic E-state index is -0.528. The second kappa shape index (κ2) is 7.24. The second-order valence-electron chi connectivity index (χ2n) is 4.77. The average molecular weight is 330 g/mol. The third-order valence-electron chi connectivity index (χ3n) is 3.26. The molecule has 2 rings (SSSR count). The van der Waals surface area contributed by atoms with Crippen molar-refractivity contribution in [3.05, 3.63) is 28.7 Å². The molecular formula is C14H20BrNO3. The maximum absolute atomic E-state index is 9.90. The van der Waals surface area contributed by atoms with Crippen LogP contribution in [-0.4, -0.2) is 43.1 Å². The maximum Gasteiger partial charge on any atom is 0.133 e. The molecular weight excluding hydrogens is 310 g/mol. The summed E-state index contributed by atoms with van der Waals surface area (Å²) in [4.78, 5) is 0. The summed E-state index contributed by atoms with van der Waals surface area (Å²) in [6.45, 7) is 3.64. The minimum Gasteiger partial charge on any atom is -0.490 e. The number of benzene rings is 1. The van der Waals surface area contributed by atoms with Crippen molar-refractivity contribution >= 4 is 15.9 Å². The Kier molecular flexibility index (Phi) is 5.63. The highest BCUT2D eigenvalue weighted by molar-refractivity contribution is 9.10. The molecule has 0 saturated carbocycles. The number of aliphatic hydroxyl groups excluding tert-OH is 1. The number of halogens is 1. The van der Waals surface area contributed by atoms with Gasteiger partial charge in [-0.25, -0.2) is 0 Å². The van der Waals surface area contributed by atoms with Gasteiger partial charge in [0.25, 0.3) is 0 Å². The van der Waals surface area contributed by atoms with Crippen molar-refractivity contribution in [1.29, 1.82) is 0 Å². The summed E-state index contributed by atoms with van der Waals surface area (Å²) in [7, 11) is 0. The monoisotopic (exact) mass is 329 g/mol. The molecule has 1 aromatic carbocycles. The Bertz CT molecular complexity index is 402. The van der Waals surface area contributed by atoms with Gasteiger partial charge in [-0.05, 0) is 41.4 Å². The molecule has 0 aliphatic carbocycles. The second-order valence-corrected chi connectivity index (χ2v) is 5.63. The van der Waals surface area contributed by atoms with Crippen LogP contribution in [-0.2, 0) is 4.74 Å². The van der Waals surface area contributed by atoms with E-state index < -0.39 is 6.10 Å². The van der Waals surface area contributed by atoms with Crippen molar-refractivity contribution in [2.45, 2.75) is 31.6 Å². The van der Waals surface area contributed by atoms with E-state index in [0.717, 1.165) is 23.2 Å². The van der Waals surface area contributed by atoms with Crippen LogP contribution < -0.4 is 10.1 Å². The van der Waals surface area contributed by atoms with Gasteiger partial charge in [-0.15, -0.1) is 0 Å². The highest BCUT2D eigenvalue weighted by Crippen LogP contribution is 2.23. The maximum atomic E-state index is 9.90. The SMILES string of the molecule is C[C@@H]1OCC[C@H]1NC[C@H](O)COc1ccccc1Br. The molecule has 1 heterocycles. The summed E-state index contributed by atoms with van der Waals surface area (Å²) >= 11 is 3.41. The number of hydrogen-bond donors (Lipinski definition) is 2. The zero-order valence-electron chi connectivity index (χ0n) is 11.0. The molecule has 1 saturated heterocycles. The van der Waals surface area contributed by atoms with E-state index in [2.05, 4.69) is 28.2 Å². The number of para-hydroxylation sites is 1. The lowest BCUT2D eigenvalue weighted by Gasteiger charge is -2.19. The van der Waals surface area contributed by atoms with Gasteiger partial charge in [0.05, 0.1) is 10.6 Å². The molecule has 4 nitrogen and oxygen atoms in total. The van der Waals surface area contributed by atoms with Crippen molar-refractivity contribution in [1.82, 2.24) is 5.32 Å². The van der Waals surface area contributed by atoms with Crippen LogP contribution in [0.5, 0.6) is 5.75 Å². The number of nitrogens with one attached hydrogen (secondary N) is 1. The van der Waals surface area contributed by atoms with Crippen LogP contribution in [0.1, 0.15) is 13.3 Å². The molecule has 0 aromatic heterocycles. The van der Waals surface area contributed by atoms with Gasteiger partial charge in [0.1, 0.15) is 18.5 Å². The van der Waals surface area contributed by atoms with Crippen LogP contribution in [0.15, 0.2) is 28.7 Å². The van der Waals surface area contributed by atoms with Gasteiger partial charge in [-0.3, -0.25) is 0 Å². The van der Waals surface area contributed by atoms with E-state index in [1.165, 1.54) is 0 Å². The van der Waals surface area contributed by atoms with E-state index in [1.54, 1.807) is 0 Å². The lowest BCUT2D eigenvalue weighted by Crippen LogP contribution is -2.41. The van der Waals surface area contributed by atoms with Gasteiger partial charge < -0.3 is 19.9 Å². The molecule has 0 radical (unpaired) electrons. The van der Waals surface area contributed by atoms with Crippen molar-refractivity contribution in [3.8, 4) is 5.75 Å². The summed E-state index contributed by atoms with van der Waals surface area (Å²) in [5, 5.41) is 13.2. The number of rotatable bonds is 6.